The number of likely N-dealkylation sites (N-methyl/N-ethyl adjacent to an activating group) is 1. The summed E-state index contributed by atoms with van der Waals surface area (Å²) in [5, 5.41) is 2.53. The van der Waals surface area contributed by atoms with E-state index in [1.165, 1.54) is 0 Å². The predicted octanol–water partition coefficient (Wildman–Crippen LogP) is -0.497. The molecule has 50 valence electrons. The predicted molar refractivity (Wildman–Crippen MR) is 35.0 cm³/mol. The molecule has 0 aliphatic carbocycles. The second-order valence-electron chi connectivity index (χ2n) is 1.16. The number of rotatable bonds is 2. The Balaban J connectivity index is 0. The summed E-state index contributed by atoms with van der Waals surface area (Å²) >= 11 is 0. The van der Waals surface area contributed by atoms with Gasteiger partial charge >= 0.3 is 0 Å². The van der Waals surface area contributed by atoms with Gasteiger partial charge in [-0.25, -0.2) is 0 Å². The number of nitrogens with two attached hydrogens (primary N) is 1. The van der Waals surface area contributed by atoms with E-state index in [-0.39, 0.29) is 24.9 Å². The fourth-order valence-corrected chi connectivity index (χ4v) is 0.269. The van der Waals surface area contributed by atoms with E-state index in [0.29, 0.717) is 6.54 Å². The summed E-state index contributed by atoms with van der Waals surface area (Å²) in [7, 11) is 0. The lowest BCUT2D eigenvalue weighted by molar-refractivity contribution is -0.119. The Hall–Kier alpha value is -0.280. The summed E-state index contributed by atoms with van der Waals surface area (Å²) in [4.78, 5) is 10.2. The molecule has 0 atom stereocenters. The molecule has 0 aromatic rings. The van der Waals surface area contributed by atoms with Gasteiger partial charge in [0.2, 0.25) is 5.91 Å². The molecule has 0 aromatic heterocycles. The standard InChI is InChI=1S/C4H10N2O.ClH/c1-2-6-4(7)3-5;/h2-3,5H2,1H3,(H,6,7);1H. The molecule has 0 aromatic carbocycles. The van der Waals surface area contributed by atoms with E-state index in [2.05, 4.69) is 5.32 Å². The van der Waals surface area contributed by atoms with E-state index >= 15 is 0 Å². The number of amides is 1. The molecule has 0 saturated carbocycles. The lowest BCUT2D eigenvalue weighted by atomic mass is 10.6. The molecule has 0 heterocycles. The molecule has 0 unspecified atom stereocenters. The summed E-state index contributed by atoms with van der Waals surface area (Å²) in [5.74, 6) is -0.0949. The molecule has 1 amide bonds. The fourth-order valence-electron chi connectivity index (χ4n) is 0.269. The van der Waals surface area contributed by atoms with Crippen LogP contribution in [0.5, 0.6) is 0 Å². The molecule has 0 rings (SSSR count). The smallest absolute Gasteiger partial charge is 0.233 e. The van der Waals surface area contributed by atoms with Crippen molar-refractivity contribution in [3.63, 3.8) is 0 Å². The Labute approximate surface area is 55.0 Å². The van der Waals surface area contributed by atoms with E-state index in [0.717, 1.165) is 0 Å². The maximum Gasteiger partial charge on any atom is 0.233 e. The molecule has 4 heteroatoms. The van der Waals surface area contributed by atoms with Crippen molar-refractivity contribution in [3.05, 3.63) is 0 Å². The van der Waals surface area contributed by atoms with Crippen molar-refractivity contribution in [1.82, 2.24) is 5.32 Å². The SMILES string of the molecule is CCNC(=O)CN.Cl. The average molecular weight is 139 g/mol. The molecule has 0 spiro atoms. The van der Waals surface area contributed by atoms with Gasteiger partial charge in [-0.2, -0.15) is 0 Å². The first-order chi connectivity index (χ1) is 3.31. The minimum atomic E-state index is -0.0949. The minimum Gasteiger partial charge on any atom is -0.355 e. The van der Waals surface area contributed by atoms with Crippen LogP contribution in [0.4, 0.5) is 0 Å². The molecule has 3 N–H and O–H groups in total. The van der Waals surface area contributed by atoms with Crippen LogP contribution in [-0.2, 0) is 4.79 Å². The van der Waals surface area contributed by atoms with Crippen molar-refractivity contribution >= 4 is 18.3 Å². The first kappa shape index (κ1) is 10.7. The normalized spacial score (nSPS) is 7.25. The topological polar surface area (TPSA) is 55.1 Å². The molecule has 0 bridgehead atoms. The van der Waals surface area contributed by atoms with Crippen LogP contribution < -0.4 is 11.1 Å². The van der Waals surface area contributed by atoms with Gasteiger partial charge in [-0.1, -0.05) is 0 Å². The quantitative estimate of drug-likeness (QED) is 0.541. The summed E-state index contributed by atoms with van der Waals surface area (Å²) in [6.45, 7) is 2.61. The minimum absolute atomic E-state index is 0. The summed E-state index contributed by atoms with van der Waals surface area (Å²) in [6, 6.07) is 0. The van der Waals surface area contributed by atoms with E-state index in [1.54, 1.807) is 0 Å². The van der Waals surface area contributed by atoms with Gasteiger partial charge in [0.15, 0.2) is 0 Å². The van der Waals surface area contributed by atoms with Crippen LogP contribution in [0, 0.1) is 0 Å². The third kappa shape index (κ3) is 5.72. The monoisotopic (exact) mass is 138 g/mol. The number of hydrogen-bond donors (Lipinski definition) is 2. The van der Waals surface area contributed by atoms with Gasteiger partial charge in [0.05, 0.1) is 6.54 Å². The van der Waals surface area contributed by atoms with Crippen LogP contribution in [-0.4, -0.2) is 19.0 Å². The summed E-state index contributed by atoms with van der Waals surface area (Å²) < 4.78 is 0. The van der Waals surface area contributed by atoms with Crippen LogP contribution in [0.1, 0.15) is 6.92 Å². The molecular weight excluding hydrogens is 128 g/mol. The van der Waals surface area contributed by atoms with Crippen LogP contribution in [0.15, 0.2) is 0 Å². The first-order valence-electron chi connectivity index (χ1n) is 2.28. The highest BCUT2D eigenvalue weighted by molar-refractivity contribution is 5.85. The summed E-state index contributed by atoms with van der Waals surface area (Å²) in [6.07, 6.45) is 0. The second-order valence-corrected chi connectivity index (χ2v) is 1.16. The second kappa shape index (κ2) is 6.72. The molecular formula is C4H11ClN2O. The van der Waals surface area contributed by atoms with Crippen LogP contribution >= 0.6 is 12.4 Å². The average Bonchev–Trinajstić information content (AvgIpc) is 1.68. The van der Waals surface area contributed by atoms with Gasteiger partial charge in [0, 0.05) is 6.54 Å². The van der Waals surface area contributed by atoms with Crippen molar-refractivity contribution in [3.8, 4) is 0 Å². The number of nitrogens with one attached hydrogen (secondary N) is 1. The highest BCUT2D eigenvalue weighted by Crippen LogP contribution is 1.54. The number of carbonyl (C=O) groups excluding carboxylic acids is 1. The zero-order chi connectivity index (χ0) is 5.70. The van der Waals surface area contributed by atoms with Crippen molar-refractivity contribution in [1.29, 1.82) is 0 Å². The van der Waals surface area contributed by atoms with E-state index < -0.39 is 0 Å². The Morgan fingerprint density at radius 3 is 2.38 bits per heavy atom. The largest absolute Gasteiger partial charge is 0.355 e. The maximum absolute atomic E-state index is 10.2. The number of carbonyl (C=O) groups is 1. The summed E-state index contributed by atoms with van der Waals surface area (Å²) in [5.41, 5.74) is 4.95. The molecule has 3 nitrogen and oxygen atoms in total. The van der Waals surface area contributed by atoms with Crippen molar-refractivity contribution in [2.24, 2.45) is 5.73 Å². The Bertz CT molecular complexity index is 67.1. The Morgan fingerprint density at radius 1 is 1.75 bits per heavy atom. The third-order valence-corrected chi connectivity index (χ3v) is 0.559. The van der Waals surface area contributed by atoms with E-state index in [4.69, 9.17) is 5.73 Å². The molecule has 0 aliphatic heterocycles. The zero-order valence-corrected chi connectivity index (χ0v) is 5.62. The fraction of sp³-hybridized carbons (Fsp3) is 0.750. The van der Waals surface area contributed by atoms with Crippen LogP contribution in [0.3, 0.4) is 0 Å². The first-order valence-corrected chi connectivity index (χ1v) is 2.28. The van der Waals surface area contributed by atoms with Gasteiger partial charge in [0.25, 0.3) is 0 Å². The molecule has 8 heavy (non-hydrogen) atoms. The number of halogens is 1. The van der Waals surface area contributed by atoms with Crippen LogP contribution in [0.25, 0.3) is 0 Å². The molecule has 0 fully saturated rings. The molecule has 0 saturated heterocycles. The van der Waals surface area contributed by atoms with Gasteiger partial charge in [-0.15, -0.1) is 12.4 Å². The van der Waals surface area contributed by atoms with Crippen LogP contribution in [0.2, 0.25) is 0 Å². The Morgan fingerprint density at radius 2 is 2.25 bits per heavy atom. The van der Waals surface area contributed by atoms with Gasteiger partial charge in [0.1, 0.15) is 0 Å². The highest BCUT2D eigenvalue weighted by Gasteiger charge is 1.88. The lowest BCUT2D eigenvalue weighted by Gasteiger charge is -1.93. The maximum atomic E-state index is 10.2. The Kier molecular flexibility index (Phi) is 8.95. The lowest BCUT2D eigenvalue weighted by Crippen LogP contribution is -2.29. The molecule has 0 aliphatic rings. The van der Waals surface area contributed by atoms with Gasteiger partial charge in [-0.05, 0) is 6.92 Å². The van der Waals surface area contributed by atoms with E-state index in [9.17, 15) is 4.79 Å². The zero-order valence-electron chi connectivity index (χ0n) is 4.81. The van der Waals surface area contributed by atoms with Crippen molar-refractivity contribution in [2.75, 3.05) is 13.1 Å². The van der Waals surface area contributed by atoms with Crippen molar-refractivity contribution < 1.29 is 4.79 Å². The third-order valence-electron chi connectivity index (χ3n) is 0.559. The van der Waals surface area contributed by atoms with Crippen molar-refractivity contribution in [2.45, 2.75) is 6.92 Å². The number of hydrogen-bond acceptors (Lipinski definition) is 2. The van der Waals surface area contributed by atoms with Gasteiger partial charge in [-0.3, -0.25) is 4.79 Å². The highest BCUT2D eigenvalue weighted by atomic mass is 35.5. The molecule has 0 radical (unpaired) electrons. The van der Waals surface area contributed by atoms with Gasteiger partial charge < -0.3 is 11.1 Å². The van der Waals surface area contributed by atoms with E-state index in [1.807, 2.05) is 6.92 Å².